The molecular weight excluding hydrogens is 1910 g/mol. The van der Waals surface area contributed by atoms with E-state index in [1.807, 2.05) is 109 Å². The Kier molecular flexibility index (Phi) is 60.9. The van der Waals surface area contributed by atoms with E-state index in [0.29, 0.717) is 163 Å². The van der Waals surface area contributed by atoms with Gasteiger partial charge in [0.2, 0.25) is 0 Å². The van der Waals surface area contributed by atoms with E-state index in [-0.39, 0.29) is 32.0 Å². The molecule has 0 aliphatic rings. The molecule has 0 saturated heterocycles. The molecule has 0 aromatic heterocycles. The predicted molar refractivity (Wildman–Crippen MR) is 589 cm³/mol. The molecular formula is C122H164N2O26. The minimum atomic E-state index is -0.541. The number of nitrogen functional groups attached to an aromatic ring is 2. The molecule has 0 amide bonds. The molecule has 8 rings (SSSR count). The fourth-order valence-electron chi connectivity index (χ4n) is 16.6. The van der Waals surface area contributed by atoms with Crippen molar-refractivity contribution in [3.8, 4) is 80.5 Å². The topological polar surface area (TPSA) is 339 Å². The van der Waals surface area contributed by atoms with E-state index >= 15 is 0 Å². The number of carbonyl (C=O) groups is 6. The molecule has 0 heterocycles. The fourth-order valence-corrected chi connectivity index (χ4v) is 16.6. The highest BCUT2D eigenvalue weighted by Gasteiger charge is 2.19. The van der Waals surface area contributed by atoms with Crippen LogP contribution in [0.4, 0.5) is 11.4 Å². The Balaban J connectivity index is 0.880. The highest BCUT2D eigenvalue weighted by molar-refractivity contribution is 5.92. The van der Waals surface area contributed by atoms with Crippen molar-refractivity contribution in [3.63, 3.8) is 0 Å². The summed E-state index contributed by atoms with van der Waals surface area (Å²) >= 11 is 0. The van der Waals surface area contributed by atoms with Crippen LogP contribution in [0.2, 0.25) is 0 Å². The van der Waals surface area contributed by atoms with E-state index in [1.165, 1.54) is 64.9 Å². The molecule has 0 unspecified atom stereocenters. The maximum absolute atomic E-state index is 14.3. The van der Waals surface area contributed by atoms with Crippen molar-refractivity contribution in [2.45, 2.75) is 270 Å². The van der Waals surface area contributed by atoms with Crippen LogP contribution in [0, 0.1) is 0 Å². The maximum atomic E-state index is 14.3. The van der Waals surface area contributed by atoms with Crippen molar-refractivity contribution in [2.75, 3.05) is 134 Å². The first kappa shape index (κ1) is 122. The van der Waals surface area contributed by atoms with Crippen molar-refractivity contribution in [1.29, 1.82) is 0 Å². The van der Waals surface area contributed by atoms with Gasteiger partial charge in [-0.25, -0.2) is 28.8 Å². The monoisotopic (exact) mass is 2070 g/mol. The van der Waals surface area contributed by atoms with Crippen LogP contribution in [-0.4, -0.2) is 159 Å². The summed E-state index contributed by atoms with van der Waals surface area (Å²) in [4.78, 5) is 73.6. The molecule has 0 saturated carbocycles. The van der Waals surface area contributed by atoms with E-state index in [1.54, 1.807) is 77.0 Å². The van der Waals surface area contributed by atoms with Gasteiger partial charge in [-0.2, -0.15) is 0 Å². The average Bonchev–Trinajstić information content (AvgIpc) is 0.819. The molecule has 0 aliphatic heterocycles. The van der Waals surface area contributed by atoms with Crippen LogP contribution < -0.4 is 77.8 Å². The van der Waals surface area contributed by atoms with E-state index in [4.69, 9.17) is 106 Å². The summed E-state index contributed by atoms with van der Waals surface area (Å²) in [5.74, 6) is 5.83. The lowest BCUT2D eigenvalue weighted by atomic mass is 10.1. The summed E-state index contributed by atoms with van der Waals surface area (Å²) in [6.07, 6.45) is 53.2. The van der Waals surface area contributed by atoms with Gasteiger partial charge in [-0.15, -0.1) is 0 Å². The predicted octanol–water partition coefficient (Wildman–Crippen LogP) is 27.2. The van der Waals surface area contributed by atoms with Crippen LogP contribution in [0.5, 0.6) is 80.5 Å². The third kappa shape index (κ3) is 51.5. The second-order valence-corrected chi connectivity index (χ2v) is 37.1. The number of esters is 6. The molecule has 0 fully saturated rings. The number of nitrogens with two attached hydrogens (primary N) is 2. The normalized spacial score (nSPS) is 11.2. The number of carbonyl (C=O) groups excluding carboxylic acids is 6. The quantitative estimate of drug-likeness (QED) is 0.0118. The molecule has 150 heavy (non-hydrogen) atoms. The molecule has 28 heteroatoms. The molecule has 8 aromatic carbocycles. The fraction of sp³-hybridized carbons (Fsp3) is 0.492. The lowest BCUT2D eigenvalue weighted by molar-refractivity contribution is -0.135. The molecule has 28 nitrogen and oxygen atoms in total. The summed E-state index contributed by atoms with van der Waals surface area (Å²) in [5.41, 5.74) is 18.0. The van der Waals surface area contributed by atoms with Crippen LogP contribution in [0.3, 0.4) is 0 Å². The Bertz CT molecular complexity index is 4830. The van der Waals surface area contributed by atoms with E-state index < -0.39 is 35.8 Å². The third-order valence-corrected chi connectivity index (χ3v) is 25.0. The molecule has 0 spiro atoms. The zero-order valence-corrected chi connectivity index (χ0v) is 90.0. The van der Waals surface area contributed by atoms with Gasteiger partial charge in [-0.3, -0.25) is 0 Å². The number of methoxy groups -OCH3 is 8. The number of hydrogen-bond acceptors (Lipinski definition) is 28. The van der Waals surface area contributed by atoms with Gasteiger partial charge in [-0.1, -0.05) is 204 Å². The number of ether oxygens (including phenoxy) is 20. The van der Waals surface area contributed by atoms with Gasteiger partial charge in [0, 0.05) is 53.9 Å². The van der Waals surface area contributed by atoms with Crippen molar-refractivity contribution >= 4 is 71.5 Å². The largest absolute Gasteiger partial charge is 0.493 e. The summed E-state index contributed by atoms with van der Waals surface area (Å²) < 4.78 is 117. The Morgan fingerprint density at radius 2 is 0.407 bits per heavy atom. The lowest BCUT2D eigenvalue weighted by Gasteiger charge is -2.16. The second kappa shape index (κ2) is 75.1. The van der Waals surface area contributed by atoms with Crippen LogP contribution in [0.25, 0.3) is 24.3 Å². The van der Waals surface area contributed by atoms with Crippen LogP contribution >= 0.6 is 0 Å². The first-order valence-electron chi connectivity index (χ1n) is 53.8. The van der Waals surface area contributed by atoms with Gasteiger partial charge in [0.05, 0.1) is 134 Å². The van der Waals surface area contributed by atoms with Gasteiger partial charge in [0.25, 0.3) is 0 Å². The van der Waals surface area contributed by atoms with Gasteiger partial charge in [-0.05, 0) is 238 Å². The Labute approximate surface area is 889 Å². The van der Waals surface area contributed by atoms with E-state index in [2.05, 4.69) is 0 Å². The first-order chi connectivity index (χ1) is 73.4. The third-order valence-electron chi connectivity index (χ3n) is 25.0. The SMILES string of the molecule is COC(=O)C=Cc1ccc(OCCCCCCCCCCCOc2cc(COc3cc(OCc4cc(OCCCCCCCCCCCOc5ccc(C=CC(=O)OC)cc5OC)cc(OCCCCCCCCCCCOc5ccc(C=CC(=O)OC)cc5OC)c4)cc(C(=O)OCCCCCCOC(=O)c4cc(N)cc(N)c4)c3)cc(OCCCCCCCCCCCOc3ccc(C=CC(=O)OC)cc3OC)c2)c(OC)c1. The molecule has 0 aliphatic carbocycles. The Morgan fingerprint density at radius 1 is 0.207 bits per heavy atom. The highest BCUT2D eigenvalue weighted by Crippen LogP contribution is 2.37. The summed E-state index contributed by atoms with van der Waals surface area (Å²) in [5, 5.41) is 0. The molecule has 8 aromatic rings. The Hall–Kier alpha value is -13.7. The molecule has 0 radical (unpaired) electrons. The molecule has 4 N–H and O–H groups in total. The maximum Gasteiger partial charge on any atom is 0.338 e. The summed E-state index contributed by atoms with van der Waals surface area (Å²) in [6.45, 7) is 5.04. The van der Waals surface area contributed by atoms with Crippen molar-refractivity contribution in [3.05, 3.63) is 214 Å². The minimum absolute atomic E-state index is 0.110. The van der Waals surface area contributed by atoms with Gasteiger partial charge < -0.3 is 106 Å². The molecule has 0 bridgehead atoms. The molecule has 818 valence electrons. The number of rotatable bonds is 83. The highest BCUT2D eigenvalue weighted by atomic mass is 16.6. The van der Waals surface area contributed by atoms with Crippen LogP contribution in [-0.2, 0) is 60.8 Å². The van der Waals surface area contributed by atoms with Crippen molar-refractivity contribution in [2.24, 2.45) is 0 Å². The zero-order chi connectivity index (χ0) is 107. The minimum Gasteiger partial charge on any atom is -0.493 e. The van der Waals surface area contributed by atoms with Gasteiger partial charge in [0.15, 0.2) is 46.0 Å². The van der Waals surface area contributed by atoms with Crippen LogP contribution in [0.1, 0.15) is 311 Å². The molecule has 0 atom stereocenters. The zero-order valence-electron chi connectivity index (χ0n) is 90.0. The van der Waals surface area contributed by atoms with Crippen molar-refractivity contribution < 1.29 is 124 Å². The average molecular weight is 2070 g/mol. The summed E-state index contributed by atoms with van der Waals surface area (Å²) in [7, 11) is 11.8. The lowest BCUT2D eigenvalue weighted by Crippen LogP contribution is -2.09. The standard InChI is InChI=1S/C122H164N2O26/c1-131-113-79-93(53-61-117(125)135-5)49-57-109(113)143-69-43-33-25-17-9-13-21-29-39-65-139-103-75-97(76-104(88-103)140-66-40-30-22-14-10-18-26-34-44-70-144-110-58-50-94(80-114(110)132-2)54-62-118(126)136-6)91-149-107-85-100(122(130)148-74-48-38-37-47-73-147-121(129)99-83-101(123)87-102(124)84-99)86-108(90-107)150-92-98-77-105(141-67-41-31-23-15-11-19-27-35-45-71-145-111-59-51-95(81-115(111)133-3)55-63-119(127)137-7)89-106(78-98)142-68-42-32-24-16-12-20-28-36-46-72-146-112-60-52-96(82-116(112)134-4)56-64-120(128)138-8/h49-64,75-90H,9-48,65-74,91-92,123-124H2,1-8H3. The first-order valence-corrected chi connectivity index (χ1v) is 53.8. The van der Waals surface area contributed by atoms with Gasteiger partial charge >= 0.3 is 35.8 Å². The summed E-state index contributed by atoms with van der Waals surface area (Å²) in [6, 6.07) is 44.0. The second-order valence-electron chi connectivity index (χ2n) is 37.1. The van der Waals surface area contributed by atoms with Crippen molar-refractivity contribution in [1.82, 2.24) is 0 Å². The van der Waals surface area contributed by atoms with E-state index in [9.17, 15) is 28.8 Å². The number of hydrogen-bond donors (Lipinski definition) is 2. The van der Waals surface area contributed by atoms with Gasteiger partial charge in [0.1, 0.15) is 47.7 Å². The van der Waals surface area contributed by atoms with Crippen LogP contribution in [0.15, 0.2) is 170 Å². The smallest absolute Gasteiger partial charge is 0.338 e. The number of unbranched alkanes of at least 4 members (excludes halogenated alkanes) is 35. The number of anilines is 2. The van der Waals surface area contributed by atoms with E-state index in [0.717, 1.165) is 277 Å². The number of benzene rings is 8. The Morgan fingerprint density at radius 3 is 0.627 bits per heavy atom.